The summed E-state index contributed by atoms with van der Waals surface area (Å²) in [5, 5.41) is 25.8. The highest BCUT2D eigenvalue weighted by atomic mass is 32.2. The van der Waals surface area contributed by atoms with Gasteiger partial charge in [0.25, 0.3) is 10.0 Å². The average molecular weight is 972 g/mol. The van der Waals surface area contributed by atoms with E-state index in [1.54, 1.807) is 37.4 Å². The standard InChI is InChI=1S/C48H61N9O9S2/c1-30(2)50-46-53-38(28-67-46)37-25-40(34-19-18-32(65-4)23-36(34)51-37)66-33-24-39-42(58)54-48(44(60)61)26-31(48)15-9-6-5-7-10-16-35(43(59)57(39)27-33)52-45(62)55-47(20-12-8-13-21-47)29-56(3)68(63,64)41-17-11-14-22-49-41/h9,11,14-15,17-19,22-23,25,28,30-31,33,35,39H,5-8,10,12-13,16,20-21,24,26-27,29H2,1-4H3,(H,50,53)(H,54,58)(H,60,61)(H2,52,55,62)/b15-9-/t31?,33-,35+,39+,48-/m1/s1. The number of amides is 4. The summed E-state index contributed by atoms with van der Waals surface area (Å²) < 4.78 is 40.7. The second-order valence-electron chi connectivity index (χ2n) is 18.8. The highest BCUT2D eigenvalue weighted by Crippen LogP contribution is 2.46. The smallest absolute Gasteiger partial charge is 0.330 e. The van der Waals surface area contributed by atoms with E-state index < -0.39 is 69.0 Å². The van der Waals surface area contributed by atoms with Crippen LogP contribution in [0.3, 0.4) is 0 Å². The number of aliphatic carboxylic acids is 1. The number of likely N-dealkylation sites (N-methyl/N-ethyl adjacent to an activating group) is 1. The predicted octanol–water partition coefficient (Wildman–Crippen LogP) is 6.10. The van der Waals surface area contributed by atoms with Crippen molar-refractivity contribution in [1.29, 1.82) is 0 Å². The lowest BCUT2D eigenvalue weighted by Gasteiger charge is -2.40. The maximum atomic E-state index is 15.1. The van der Waals surface area contributed by atoms with Gasteiger partial charge >= 0.3 is 12.0 Å². The van der Waals surface area contributed by atoms with Gasteiger partial charge in [-0.25, -0.2) is 33.0 Å². The number of hydrogen-bond acceptors (Lipinski definition) is 13. The largest absolute Gasteiger partial charge is 0.497 e. The van der Waals surface area contributed by atoms with Gasteiger partial charge in [-0.15, -0.1) is 11.3 Å². The lowest BCUT2D eigenvalue weighted by Crippen LogP contribution is -2.62. The van der Waals surface area contributed by atoms with Gasteiger partial charge in [0, 0.05) is 61.1 Å². The zero-order valence-electron chi connectivity index (χ0n) is 38.9. The van der Waals surface area contributed by atoms with Crippen molar-refractivity contribution in [2.75, 3.05) is 32.6 Å². The van der Waals surface area contributed by atoms with Gasteiger partial charge in [-0.2, -0.15) is 4.31 Å². The third kappa shape index (κ3) is 10.7. The number of nitrogens with zero attached hydrogens (tertiary/aromatic N) is 5. The predicted molar refractivity (Wildman–Crippen MR) is 257 cm³/mol. The second-order valence-corrected chi connectivity index (χ2v) is 21.6. The maximum Gasteiger partial charge on any atom is 0.330 e. The van der Waals surface area contributed by atoms with Crippen molar-refractivity contribution >= 4 is 61.2 Å². The van der Waals surface area contributed by atoms with E-state index in [-0.39, 0.29) is 43.4 Å². The molecule has 1 saturated heterocycles. The van der Waals surface area contributed by atoms with Crippen LogP contribution in [0.4, 0.5) is 9.93 Å². The molecule has 8 rings (SSSR count). The number of carboxylic acid groups (broad SMARTS) is 1. The third-order valence-corrected chi connectivity index (χ3v) is 15.9. The van der Waals surface area contributed by atoms with Gasteiger partial charge in [0.1, 0.15) is 40.9 Å². The summed E-state index contributed by atoms with van der Waals surface area (Å²) in [6.45, 7) is 3.99. The Balaban J connectivity index is 1.09. The molecule has 18 nitrogen and oxygen atoms in total. The van der Waals surface area contributed by atoms with Crippen LogP contribution in [-0.4, -0.2) is 124 Å². The summed E-state index contributed by atoms with van der Waals surface area (Å²) in [5.41, 5.74) is -0.713. The molecule has 2 aliphatic carbocycles. The number of ether oxygens (including phenoxy) is 2. The topological polar surface area (TPSA) is 234 Å². The quantitative estimate of drug-likeness (QED) is 0.0955. The number of carboxylic acids is 1. The van der Waals surface area contributed by atoms with E-state index >= 15 is 4.79 Å². The third-order valence-electron chi connectivity index (χ3n) is 13.4. The van der Waals surface area contributed by atoms with Crippen molar-refractivity contribution in [1.82, 2.24) is 40.1 Å². The van der Waals surface area contributed by atoms with Crippen LogP contribution in [0.15, 0.2) is 71.2 Å². The Bertz CT molecular complexity index is 2640. The number of aromatic nitrogens is 3. The number of anilines is 1. The fourth-order valence-electron chi connectivity index (χ4n) is 9.72. The Morgan fingerprint density at radius 3 is 2.57 bits per heavy atom. The van der Waals surface area contributed by atoms with Crippen molar-refractivity contribution in [3.63, 3.8) is 0 Å². The zero-order chi connectivity index (χ0) is 48.2. The van der Waals surface area contributed by atoms with Crippen LogP contribution in [0, 0.1) is 5.92 Å². The van der Waals surface area contributed by atoms with Crippen molar-refractivity contribution in [2.45, 2.75) is 131 Å². The van der Waals surface area contributed by atoms with E-state index in [9.17, 15) is 27.9 Å². The highest BCUT2D eigenvalue weighted by molar-refractivity contribution is 7.89. The first-order valence-electron chi connectivity index (χ1n) is 23.5. The van der Waals surface area contributed by atoms with E-state index in [1.165, 1.54) is 39.9 Å². The lowest BCUT2D eigenvalue weighted by molar-refractivity contribution is -0.145. The number of nitrogens with one attached hydrogen (secondary N) is 4. The fourth-order valence-corrected chi connectivity index (χ4v) is 11.8. The molecule has 68 heavy (non-hydrogen) atoms. The Morgan fingerprint density at radius 1 is 1.04 bits per heavy atom. The van der Waals surface area contributed by atoms with Gasteiger partial charge < -0.3 is 40.7 Å². The molecule has 0 spiro atoms. The van der Waals surface area contributed by atoms with E-state index in [0.29, 0.717) is 59.5 Å². The van der Waals surface area contributed by atoms with Gasteiger partial charge in [0.05, 0.1) is 30.4 Å². The Kier molecular flexibility index (Phi) is 14.6. The van der Waals surface area contributed by atoms with Crippen molar-refractivity contribution in [2.24, 2.45) is 5.92 Å². The molecule has 1 unspecified atom stereocenters. The molecule has 2 aliphatic heterocycles. The van der Waals surface area contributed by atoms with Gasteiger partial charge in [-0.1, -0.05) is 50.3 Å². The van der Waals surface area contributed by atoms with Crippen LogP contribution in [0.1, 0.15) is 90.9 Å². The summed E-state index contributed by atoms with van der Waals surface area (Å²) in [7, 11) is -0.943. The minimum atomic E-state index is -3.98. The Labute approximate surface area is 400 Å². The van der Waals surface area contributed by atoms with E-state index in [1.807, 2.05) is 37.4 Å². The molecule has 20 heteroatoms. The van der Waals surface area contributed by atoms with Crippen LogP contribution >= 0.6 is 11.3 Å². The Morgan fingerprint density at radius 2 is 1.84 bits per heavy atom. The van der Waals surface area contributed by atoms with Crippen LogP contribution in [-0.2, 0) is 24.4 Å². The number of carbonyl (C=O) groups excluding carboxylic acids is 3. The van der Waals surface area contributed by atoms with E-state index in [0.717, 1.165) is 37.2 Å². The number of pyridine rings is 2. The Hall–Kier alpha value is -5.86. The summed E-state index contributed by atoms with van der Waals surface area (Å²) in [6.07, 6.45) is 11.3. The van der Waals surface area contributed by atoms with Crippen molar-refractivity contribution in [3.8, 4) is 22.9 Å². The SMILES string of the molecule is COc1ccc2c(O[C@@H]3C[C@H]4C(=O)N[C@]5(C(=O)O)CC5/C=C\CCCCC[C@H](NC(=O)NC5(CN(C)S(=O)(=O)c6ccccn6)CCCCC5)C(=O)N4C3)cc(-c3csc(NC(C)C)n3)nc2c1. The maximum absolute atomic E-state index is 15.1. The van der Waals surface area contributed by atoms with Crippen LogP contribution < -0.4 is 30.7 Å². The molecular weight excluding hydrogens is 911 g/mol. The first-order chi connectivity index (χ1) is 32.6. The molecular formula is C48H61N9O9S2. The van der Waals surface area contributed by atoms with Gasteiger partial charge in [-0.3, -0.25) is 9.59 Å². The molecule has 364 valence electrons. The van der Waals surface area contributed by atoms with Crippen LogP contribution in [0.5, 0.6) is 11.5 Å². The number of methoxy groups -OCH3 is 1. The summed E-state index contributed by atoms with van der Waals surface area (Å²) >= 11 is 1.45. The van der Waals surface area contributed by atoms with Gasteiger partial charge in [-0.05, 0) is 76.6 Å². The zero-order valence-corrected chi connectivity index (χ0v) is 40.5. The number of thiazole rings is 1. The number of allylic oxidation sites excluding steroid dienone is 1. The number of carbonyl (C=O) groups is 4. The van der Waals surface area contributed by atoms with Gasteiger partial charge in [0.15, 0.2) is 10.2 Å². The molecule has 5 atom stereocenters. The molecule has 0 bridgehead atoms. The lowest BCUT2D eigenvalue weighted by atomic mass is 9.81. The molecule has 0 radical (unpaired) electrons. The number of fused-ring (bicyclic) bond motifs is 3. The summed E-state index contributed by atoms with van der Waals surface area (Å²) in [6, 6.07) is 9.19. The molecule has 4 amide bonds. The molecule has 4 aliphatic rings. The normalized spacial score (nSPS) is 24.8. The molecule has 2 saturated carbocycles. The average Bonchev–Trinajstić information content (AvgIpc) is 3.56. The number of urea groups is 1. The second kappa shape index (κ2) is 20.4. The molecule has 1 aromatic carbocycles. The number of rotatable bonds is 13. The van der Waals surface area contributed by atoms with Crippen LogP contribution in [0.25, 0.3) is 22.3 Å². The summed E-state index contributed by atoms with van der Waals surface area (Å²) in [5.74, 6) is -1.68. The van der Waals surface area contributed by atoms with E-state index in [4.69, 9.17) is 19.4 Å². The number of hydrogen-bond donors (Lipinski definition) is 5. The number of sulfonamides is 1. The number of benzene rings is 1. The molecule has 5 heterocycles. The molecule has 3 fully saturated rings. The van der Waals surface area contributed by atoms with Crippen molar-refractivity contribution in [3.05, 3.63) is 66.2 Å². The minimum absolute atomic E-state index is 0.0121. The molecule has 5 N–H and O–H groups in total. The molecule has 3 aromatic heterocycles. The summed E-state index contributed by atoms with van der Waals surface area (Å²) in [4.78, 5) is 71.8. The van der Waals surface area contributed by atoms with Gasteiger partial charge in [0.2, 0.25) is 11.8 Å². The van der Waals surface area contributed by atoms with Crippen LogP contribution in [0.2, 0.25) is 0 Å². The monoisotopic (exact) mass is 971 g/mol. The fraction of sp³-hybridized carbons (Fsp3) is 0.521. The first kappa shape index (κ1) is 48.6. The highest BCUT2D eigenvalue weighted by Gasteiger charge is 2.61. The minimum Gasteiger partial charge on any atom is -0.497 e. The van der Waals surface area contributed by atoms with E-state index in [2.05, 4.69) is 26.3 Å². The first-order valence-corrected chi connectivity index (χ1v) is 25.8. The molecule has 4 aromatic rings. The van der Waals surface area contributed by atoms with Crippen molar-refractivity contribution < 1.29 is 42.2 Å².